The molecule has 0 amide bonds. The lowest BCUT2D eigenvalue weighted by Crippen LogP contribution is -2.50. The Kier molecular flexibility index (Phi) is 6.92. The molecule has 1 aromatic carbocycles. The third-order valence-electron chi connectivity index (χ3n) is 8.10. The minimum atomic E-state index is -4.44. The first-order valence-electron chi connectivity index (χ1n) is 12.5. The number of rotatable bonds is 6. The van der Waals surface area contributed by atoms with Crippen LogP contribution in [0.2, 0.25) is 0 Å². The molecule has 3 heterocycles. The lowest BCUT2D eigenvalue weighted by atomic mass is 9.69. The van der Waals surface area contributed by atoms with E-state index >= 15 is 0 Å². The van der Waals surface area contributed by atoms with Crippen molar-refractivity contribution in [3.8, 4) is 11.4 Å². The number of hydrogen-bond donors (Lipinski definition) is 3. The number of carbonyl (C=O) groups is 2. The number of aliphatic carboxylic acids is 2. The van der Waals surface area contributed by atoms with Crippen molar-refractivity contribution in [3.05, 3.63) is 29.8 Å². The quantitative estimate of drug-likeness (QED) is 0.523. The Balaban J connectivity index is 1.24. The van der Waals surface area contributed by atoms with Gasteiger partial charge in [-0.15, -0.1) is 10.2 Å². The first-order valence-corrected chi connectivity index (χ1v) is 12.5. The molecule has 6 atom stereocenters. The Morgan fingerprint density at radius 2 is 1.78 bits per heavy atom. The van der Waals surface area contributed by atoms with Crippen LogP contribution in [-0.4, -0.2) is 79.0 Å². The second-order valence-corrected chi connectivity index (χ2v) is 10.4. The maximum atomic E-state index is 12.8. The number of carboxylic acid groups (broad SMARTS) is 2. The van der Waals surface area contributed by atoms with Crippen LogP contribution in [0.4, 0.5) is 13.2 Å². The second kappa shape index (κ2) is 10.0. The first kappa shape index (κ1) is 25.6. The molecule has 1 saturated carbocycles. The van der Waals surface area contributed by atoms with Gasteiger partial charge in [0.1, 0.15) is 12.1 Å². The molecule has 10 nitrogen and oxygen atoms in total. The van der Waals surface area contributed by atoms with Crippen molar-refractivity contribution in [1.29, 1.82) is 0 Å². The molecule has 5 rings (SSSR count). The highest BCUT2D eigenvalue weighted by molar-refractivity contribution is 5.74. The van der Waals surface area contributed by atoms with Gasteiger partial charge in [-0.3, -0.25) is 14.5 Å². The standard InChI is InChI=1S/C24H29F3N6O4/c25-24(26,27)17-5-3-14(4-6-17)21-29-31-33(30-21)18-9-20(23(36)37)32(12-18)11-13-1-2-15-10-28-19(22(34)35)8-16(15)7-13/h3-6,13,15-16,18-20,28H,1-2,7-12H2,(H,34,35)(H,36,37)/t13?,15-,16?,18-,19?,20-/m0/s1. The van der Waals surface area contributed by atoms with E-state index < -0.39 is 35.8 Å². The van der Waals surface area contributed by atoms with Crippen LogP contribution in [0, 0.1) is 17.8 Å². The molecule has 0 radical (unpaired) electrons. The van der Waals surface area contributed by atoms with Crippen molar-refractivity contribution in [3.63, 3.8) is 0 Å². The molecule has 3 aliphatic rings. The number of hydrogen-bond acceptors (Lipinski definition) is 7. The molecule has 3 fully saturated rings. The molecule has 13 heteroatoms. The molecule has 0 bridgehead atoms. The molecule has 2 aliphatic heterocycles. The zero-order chi connectivity index (χ0) is 26.3. The predicted molar refractivity (Wildman–Crippen MR) is 123 cm³/mol. The maximum Gasteiger partial charge on any atom is 0.416 e. The summed E-state index contributed by atoms with van der Waals surface area (Å²) >= 11 is 0. The number of likely N-dealkylation sites (tertiary alicyclic amines) is 1. The summed E-state index contributed by atoms with van der Waals surface area (Å²) in [4.78, 5) is 26.8. The molecular formula is C24H29F3N6O4. The van der Waals surface area contributed by atoms with E-state index in [1.165, 1.54) is 16.9 Å². The van der Waals surface area contributed by atoms with Gasteiger partial charge in [0, 0.05) is 18.7 Å². The number of fused-ring (bicyclic) bond motifs is 1. The van der Waals surface area contributed by atoms with Crippen molar-refractivity contribution >= 4 is 11.9 Å². The van der Waals surface area contributed by atoms with E-state index in [0.717, 1.165) is 31.4 Å². The Labute approximate surface area is 210 Å². The Morgan fingerprint density at radius 1 is 1.03 bits per heavy atom. The SMILES string of the molecule is O=C(O)C1CC2CC(CN3C[C@@H](n4nnc(-c5ccc(C(F)(F)F)cc5)n4)C[C@H]3C(=O)O)CC[C@H]2CN1. The fraction of sp³-hybridized carbons (Fsp3) is 0.625. The van der Waals surface area contributed by atoms with Crippen molar-refractivity contribution in [2.45, 2.75) is 56.4 Å². The second-order valence-electron chi connectivity index (χ2n) is 10.4. The van der Waals surface area contributed by atoms with Gasteiger partial charge in [0.2, 0.25) is 5.82 Å². The van der Waals surface area contributed by atoms with Crippen LogP contribution in [0.25, 0.3) is 11.4 Å². The van der Waals surface area contributed by atoms with E-state index in [-0.39, 0.29) is 17.8 Å². The van der Waals surface area contributed by atoms with Gasteiger partial charge in [-0.25, -0.2) is 0 Å². The highest BCUT2D eigenvalue weighted by atomic mass is 19.4. The number of benzene rings is 1. The molecule has 2 aromatic rings. The number of aromatic nitrogens is 4. The number of nitrogens with one attached hydrogen (secondary N) is 1. The monoisotopic (exact) mass is 522 g/mol. The summed E-state index contributed by atoms with van der Waals surface area (Å²) in [6.07, 6.45) is -0.714. The van der Waals surface area contributed by atoms with Gasteiger partial charge < -0.3 is 15.5 Å². The van der Waals surface area contributed by atoms with Gasteiger partial charge in [-0.05, 0) is 73.7 Å². The molecule has 2 saturated heterocycles. The molecule has 3 unspecified atom stereocenters. The zero-order valence-corrected chi connectivity index (χ0v) is 20.0. The summed E-state index contributed by atoms with van der Waals surface area (Å²) in [6, 6.07) is 2.94. The highest BCUT2D eigenvalue weighted by Gasteiger charge is 2.42. The minimum absolute atomic E-state index is 0.177. The summed E-state index contributed by atoms with van der Waals surface area (Å²) in [5, 5.41) is 34.7. The predicted octanol–water partition coefficient (Wildman–Crippen LogP) is 2.54. The molecule has 200 valence electrons. The summed E-state index contributed by atoms with van der Waals surface area (Å²) in [5.74, 6) is -0.531. The lowest BCUT2D eigenvalue weighted by Gasteiger charge is -2.42. The van der Waals surface area contributed by atoms with E-state index in [2.05, 4.69) is 20.7 Å². The zero-order valence-electron chi connectivity index (χ0n) is 20.0. The molecule has 1 aliphatic carbocycles. The number of nitrogens with zero attached hydrogens (tertiary/aromatic N) is 5. The smallest absolute Gasteiger partial charge is 0.416 e. The van der Waals surface area contributed by atoms with Crippen molar-refractivity contribution in [1.82, 2.24) is 30.4 Å². The third kappa shape index (κ3) is 5.47. The largest absolute Gasteiger partial charge is 0.480 e. The maximum absolute atomic E-state index is 12.8. The number of carboxylic acids is 2. The lowest BCUT2D eigenvalue weighted by molar-refractivity contribution is -0.143. The van der Waals surface area contributed by atoms with Crippen molar-refractivity contribution < 1.29 is 33.0 Å². The summed E-state index contributed by atoms with van der Waals surface area (Å²) in [5.41, 5.74) is -0.376. The Morgan fingerprint density at radius 3 is 2.46 bits per heavy atom. The molecule has 3 N–H and O–H groups in total. The fourth-order valence-electron chi connectivity index (χ4n) is 6.16. The number of piperidine rings is 1. The van der Waals surface area contributed by atoms with Crippen molar-refractivity contribution in [2.75, 3.05) is 19.6 Å². The number of halogens is 3. The normalized spacial score (nSPS) is 30.7. The fourth-order valence-corrected chi connectivity index (χ4v) is 6.16. The topological polar surface area (TPSA) is 133 Å². The number of tetrazole rings is 1. The van der Waals surface area contributed by atoms with Crippen LogP contribution < -0.4 is 5.32 Å². The van der Waals surface area contributed by atoms with Crippen LogP contribution in [0.5, 0.6) is 0 Å². The van der Waals surface area contributed by atoms with E-state index in [0.29, 0.717) is 49.9 Å². The summed E-state index contributed by atoms with van der Waals surface area (Å²) in [6.45, 7) is 1.73. The van der Waals surface area contributed by atoms with E-state index in [9.17, 15) is 33.0 Å². The minimum Gasteiger partial charge on any atom is -0.480 e. The molecular weight excluding hydrogens is 493 g/mol. The van der Waals surface area contributed by atoms with Crippen LogP contribution >= 0.6 is 0 Å². The molecule has 1 aromatic heterocycles. The van der Waals surface area contributed by atoms with Crippen molar-refractivity contribution in [2.24, 2.45) is 17.8 Å². The van der Waals surface area contributed by atoms with E-state index in [4.69, 9.17) is 0 Å². The van der Waals surface area contributed by atoms with Gasteiger partial charge in [-0.2, -0.15) is 18.0 Å². The third-order valence-corrected chi connectivity index (χ3v) is 8.10. The number of alkyl halides is 3. The van der Waals surface area contributed by atoms with Crippen LogP contribution in [0.15, 0.2) is 24.3 Å². The van der Waals surface area contributed by atoms with Crippen LogP contribution in [-0.2, 0) is 15.8 Å². The Hall–Kier alpha value is -3.06. The van der Waals surface area contributed by atoms with Gasteiger partial charge >= 0.3 is 18.1 Å². The highest BCUT2D eigenvalue weighted by Crippen LogP contribution is 2.40. The van der Waals surface area contributed by atoms with Gasteiger partial charge in [-0.1, -0.05) is 12.1 Å². The Bertz CT molecular complexity index is 1140. The molecule has 37 heavy (non-hydrogen) atoms. The first-order chi connectivity index (χ1) is 17.6. The van der Waals surface area contributed by atoms with E-state index in [1.807, 2.05) is 4.90 Å². The summed E-state index contributed by atoms with van der Waals surface area (Å²) in [7, 11) is 0. The average Bonchev–Trinajstić information content (AvgIpc) is 3.51. The molecule has 0 spiro atoms. The van der Waals surface area contributed by atoms with Crippen LogP contribution in [0.3, 0.4) is 0 Å². The average molecular weight is 523 g/mol. The van der Waals surface area contributed by atoms with Crippen LogP contribution in [0.1, 0.15) is 43.7 Å². The van der Waals surface area contributed by atoms with Gasteiger partial charge in [0.05, 0.1) is 11.6 Å². The van der Waals surface area contributed by atoms with Gasteiger partial charge in [0.25, 0.3) is 0 Å². The van der Waals surface area contributed by atoms with E-state index in [1.54, 1.807) is 0 Å². The van der Waals surface area contributed by atoms with Gasteiger partial charge in [0.15, 0.2) is 0 Å². The summed E-state index contributed by atoms with van der Waals surface area (Å²) < 4.78 is 38.5.